The molecule has 0 heterocycles. The van der Waals surface area contributed by atoms with Gasteiger partial charge in [0.05, 0.1) is 12.7 Å². The lowest BCUT2D eigenvalue weighted by molar-refractivity contribution is -0.224. The standard InChI is InChI=1S/C21H29NO3/c1-21(2,24-3)25-20(18-12-8-5-9-13-18)15-22-19(16-23)14-17-10-6-4-7-11-17/h4-13,19-20,22-23H,14-16H2,1-3H3/t19-,20-/m0/s1. The Kier molecular flexibility index (Phi) is 7.59. The van der Waals surface area contributed by atoms with Crippen molar-refractivity contribution in [3.8, 4) is 0 Å². The van der Waals surface area contributed by atoms with Crippen LogP contribution >= 0.6 is 0 Å². The molecule has 0 amide bonds. The minimum absolute atomic E-state index is 0.0251. The largest absolute Gasteiger partial charge is 0.395 e. The molecule has 0 radical (unpaired) electrons. The van der Waals surface area contributed by atoms with E-state index in [1.165, 1.54) is 5.56 Å². The molecule has 2 rings (SSSR count). The van der Waals surface area contributed by atoms with Crippen molar-refractivity contribution in [3.05, 3.63) is 71.8 Å². The molecule has 0 aromatic heterocycles. The van der Waals surface area contributed by atoms with Crippen molar-refractivity contribution in [2.24, 2.45) is 0 Å². The predicted octanol–water partition coefficient (Wildman–Crippen LogP) is 3.32. The van der Waals surface area contributed by atoms with E-state index in [0.717, 1.165) is 12.0 Å². The van der Waals surface area contributed by atoms with E-state index in [4.69, 9.17) is 9.47 Å². The molecule has 0 saturated heterocycles. The van der Waals surface area contributed by atoms with Gasteiger partial charge in [-0.05, 0) is 31.4 Å². The summed E-state index contributed by atoms with van der Waals surface area (Å²) < 4.78 is 11.6. The summed E-state index contributed by atoms with van der Waals surface area (Å²) in [5.41, 5.74) is 2.28. The van der Waals surface area contributed by atoms with Crippen LogP contribution < -0.4 is 5.32 Å². The fourth-order valence-electron chi connectivity index (χ4n) is 2.66. The summed E-state index contributed by atoms with van der Waals surface area (Å²) in [5.74, 6) is -0.684. The van der Waals surface area contributed by atoms with E-state index in [-0.39, 0.29) is 18.8 Å². The van der Waals surface area contributed by atoms with Crippen LogP contribution in [0.2, 0.25) is 0 Å². The van der Waals surface area contributed by atoms with Gasteiger partial charge in [-0.1, -0.05) is 60.7 Å². The number of aliphatic hydroxyl groups is 1. The van der Waals surface area contributed by atoms with Gasteiger partial charge in [-0.25, -0.2) is 0 Å². The van der Waals surface area contributed by atoms with Crippen LogP contribution in [0.4, 0.5) is 0 Å². The van der Waals surface area contributed by atoms with Crippen LogP contribution in [0.15, 0.2) is 60.7 Å². The van der Waals surface area contributed by atoms with Gasteiger partial charge in [-0.2, -0.15) is 0 Å². The number of ether oxygens (including phenoxy) is 2. The zero-order chi connectivity index (χ0) is 18.1. The molecule has 0 spiro atoms. The second-order valence-corrected chi connectivity index (χ2v) is 6.60. The van der Waals surface area contributed by atoms with E-state index >= 15 is 0 Å². The topological polar surface area (TPSA) is 50.7 Å². The van der Waals surface area contributed by atoms with Gasteiger partial charge in [0.1, 0.15) is 0 Å². The van der Waals surface area contributed by atoms with Gasteiger partial charge in [0.15, 0.2) is 5.79 Å². The van der Waals surface area contributed by atoms with Crippen LogP contribution in [-0.2, 0) is 15.9 Å². The van der Waals surface area contributed by atoms with Gasteiger partial charge < -0.3 is 19.9 Å². The lowest BCUT2D eigenvalue weighted by Gasteiger charge is -2.31. The minimum atomic E-state index is -0.684. The van der Waals surface area contributed by atoms with E-state index < -0.39 is 5.79 Å². The van der Waals surface area contributed by atoms with Crippen molar-refractivity contribution in [3.63, 3.8) is 0 Å². The van der Waals surface area contributed by atoms with Gasteiger partial charge in [0, 0.05) is 19.7 Å². The van der Waals surface area contributed by atoms with Crippen molar-refractivity contribution in [1.29, 1.82) is 0 Å². The summed E-state index contributed by atoms with van der Waals surface area (Å²) in [6.45, 7) is 4.46. The second kappa shape index (κ2) is 9.68. The smallest absolute Gasteiger partial charge is 0.163 e. The van der Waals surface area contributed by atoms with Crippen molar-refractivity contribution in [2.75, 3.05) is 20.3 Å². The first-order chi connectivity index (χ1) is 12.0. The normalized spacial score (nSPS) is 14.2. The molecule has 0 aliphatic carbocycles. The van der Waals surface area contributed by atoms with E-state index in [2.05, 4.69) is 17.4 Å². The quantitative estimate of drug-likeness (QED) is 0.650. The van der Waals surface area contributed by atoms with E-state index in [9.17, 15) is 5.11 Å². The first kappa shape index (κ1) is 19.6. The van der Waals surface area contributed by atoms with Gasteiger partial charge >= 0.3 is 0 Å². The average Bonchev–Trinajstić information content (AvgIpc) is 2.65. The Balaban J connectivity index is 2.02. The Morgan fingerprint density at radius 2 is 1.60 bits per heavy atom. The van der Waals surface area contributed by atoms with Gasteiger partial charge in [0.2, 0.25) is 0 Å². The molecule has 0 aliphatic heterocycles. The first-order valence-electron chi connectivity index (χ1n) is 8.70. The highest BCUT2D eigenvalue weighted by Gasteiger charge is 2.25. The second-order valence-electron chi connectivity index (χ2n) is 6.60. The average molecular weight is 343 g/mol. The maximum Gasteiger partial charge on any atom is 0.163 e. The molecule has 2 N–H and O–H groups in total. The number of methoxy groups -OCH3 is 1. The summed E-state index contributed by atoms with van der Waals surface area (Å²) in [7, 11) is 1.64. The molecule has 2 aromatic rings. The van der Waals surface area contributed by atoms with Crippen molar-refractivity contribution in [2.45, 2.75) is 38.2 Å². The van der Waals surface area contributed by atoms with Gasteiger partial charge in [-0.15, -0.1) is 0 Å². The molecule has 0 fully saturated rings. The Labute approximate surface area is 150 Å². The third-order valence-corrected chi connectivity index (χ3v) is 4.23. The van der Waals surface area contributed by atoms with Crippen molar-refractivity contribution < 1.29 is 14.6 Å². The highest BCUT2D eigenvalue weighted by atomic mass is 16.7. The molecule has 0 bridgehead atoms. The number of nitrogens with one attached hydrogen (secondary N) is 1. The van der Waals surface area contributed by atoms with Crippen LogP contribution in [-0.4, -0.2) is 37.2 Å². The van der Waals surface area contributed by atoms with E-state index in [0.29, 0.717) is 6.54 Å². The third kappa shape index (κ3) is 6.59. The maximum absolute atomic E-state index is 9.72. The molecule has 136 valence electrons. The summed E-state index contributed by atoms with van der Waals surface area (Å²) in [5, 5.41) is 13.2. The van der Waals surface area contributed by atoms with Crippen LogP contribution in [0.5, 0.6) is 0 Å². The number of benzene rings is 2. The molecule has 0 saturated carbocycles. The molecule has 2 atom stereocenters. The molecule has 4 heteroatoms. The fourth-order valence-corrected chi connectivity index (χ4v) is 2.66. The highest BCUT2D eigenvalue weighted by molar-refractivity contribution is 5.19. The summed E-state index contributed by atoms with van der Waals surface area (Å²) >= 11 is 0. The van der Waals surface area contributed by atoms with Crippen LogP contribution in [0.1, 0.15) is 31.1 Å². The van der Waals surface area contributed by atoms with E-state index in [1.807, 2.05) is 62.4 Å². The summed E-state index contributed by atoms with van der Waals surface area (Å²) in [6.07, 6.45) is 0.605. The zero-order valence-electron chi connectivity index (χ0n) is 15.3. The monoisotopic (exact) mass is 343 g/mol. The molecular weight excluding hydrogens is 314 g/mol. The number of aliphatic hydroxyl groups excluding tert-OH is 1. The van der Waals surface area contributed by atoms with Crippen LogP contribution in [0.25, 0.3) is 0 Å². The number of hydrogen-bond donors (Lipinski definition) is 2. The molecule has 25 heavy (non-hydrogen) atoms. The van der Waals surface area contributed by atoms with Gasteiger partial charge in [0.25, 0.3) is 0 Å². The Bertz CT molecular complexity index is 601. The van der Waals surface area contributed by atoms with Crippen molar-refractivity contribution >= 4 is 0 Å². The molecule has 0 aliphatic rings. The number of rotatable bonds is 10. The Morgan fingerprint density at radius 3 is 2.16 bits per heavy atom. The van der Waals surface area contributed by atoms with Crippen LogP contribution in [0, 0.1) is 0 Å². The maximum atomic E-state index is 9.72. The third-order valence-electron chi connectivity index (χ3n) is 4.23. The number of hydrogen-bond acceptors (Lipinski definition) is 4. The molecule has 0 unspecified atom stereocenters. The first-order valence-corrected chi connectivity index (χ1v) is 8.70. The van der Waals surface area contributed by atoms with Crippen LogP contribution in [0.3, 0.4) is 0 Å². The minimum Gasteiger partial charge on any atom is -0.395 e. The predicted molar refractivity (Wildman–Crippen MR) is 100 cm³/mol. The lowest BCUT2D eigenvalue weighted by Crippen LogP contribution is -2.40. The van der Waals surface area contributed by atoms with Crippen molar-refractivity contribution in [1.82, 2.24) is 5.32 Å². The van der Waals surface area contributed by atoms with E-state index in [1.54, 1.807) is 7.11 Å². The summed E-state index contributed by atoms with van der Waals surface area (Å²) in [4.78, 5) is 0. The SMILES string of the molecule is COC(C)(C)O[C@@H](CN[C@H](CO)Cc1ccccc1)c1ccccc1. The Hall–Kier alpha value is -1.72. The fraction of sp³-hybridized carbons (Fsp3) is 0.429. The van der Waals surface area contributed by atoms with Gasteiger partial charge in [-0.3, -0.25) is 0 Å². The zero-order valence-corrected chi connectivity index (χ0v) is 15.3. The molecule has 2 aromatic carbocycles. The summed E-state index contributed by atoms with van der Waals surface area (Å²) in [6, 6.07) is 20.2. The Morgan fingerprint density at radius 1 is 1.00 bits per heavy atom. The molecule has 4 nitrogen and oxygen atoms in total. The lowest BCUT2D eigenvalue weighted by atomic mass is 10.1. The molecular formula is C21H29NO3. The highest BCUT2D eigenvalue weighted by Crippen LogP contribution is 2.24.